The lowest BCUT2D eigenvalue weighted by molar-refractivity contribution is -0.137. The molecule has 0 atom stereocenters. The SMILES string of the molecule is CN(CC(=O)O)S(=O)(=O)c1ccc(CC(F)(F)F)cc1. The van der Waals surface area contributed by atoms with Crippen LogP contribution in [-0.2, 0) is 21.2 Å². The monoisotopic (exact) mass is 311 g/mol. The zero-order chi connectivity index (χ0) is 15.6. The van der Waals surface area contributed by atoms with Crippen LogP contribution in [0.15, 0.2) is 29.2 Å². The van der Waals surface area contributed by atoms with Crippen molar-refractivity contribution in [3.63, 3.8) is 0 Å². The Balaban J connectivity index is 2.95. The van der Waals surface area contributed by atoms with Gasteiger partial charge in [0.2, 0.25) is 10.0 Å². The summed E-state index contributed by atoms with van der Waals surface area (Å²) >= 11 is 0. The van der Waals surface area contributed by atoms with Crippen molar-refractivity contribution in [3.05, 3.63) is 29.8 Å². The van der Waals surface area contributed by atoms with Crippen molar-refractivity contribution in [1.29, 1.82) is 0 Å². The molecule has 1 rings (SSSR count). The maximum absolute atomic E-state index is 12.2. The van der Waals surface area contributed by atoms with E-state index in [0.29, 0.717) is 4.31 Å². The molecule has 1 aromatic carbocycles. The van der Waals surface area contributed by atoms with E-state index in [4.69, 9.17) is 5.11 Å². The number of nitrogens with zero attached hydrogens (tertiary/aromatic N) is 1. The molecule has 0 bridgehead atoms. The number of sulfonamides is 1. The number of hydrogen-bond donors (Lipinski definition) is 1. The van der Waals surface area contributed by atoms with Crippen molar-refractivity contribution in [2.24, 2.45) is 0 Å². The summed E-state index contributed by atoms with van der Waals surface area (Å²) in [4.78, 5) is 10.2. The van der Waals surface area contributed by atoms with Crippen LogP contribution in [0.25, 0.3) is 0 Å². The van der Waals surface area contributed by atoms with Crippen LogP contribution in [0.1, 0.15) is 5.56 Å². The fraction of sp³-hybridized carbons (Fsp3) is 0.364. The van der Waals surface area contributed by atoms with E-state index >= 15 is 0 Å². The molecule has 5 nitrogen and oxygen atoms in total. The normalized spacial score (nSPS) is 12.7. The molecule has 0 unspecified atom stereocenters. The van der Waals surface area contributed by atoms with Crippen molar-refractivity contribution in [1.82, 2.24) is 4.31 Å². The largest absolute Gasteiger partial charge is 0.480 e. The van der Waals surface area contributed by atoms with Crippen LogP contribution in [-0.4, -0.2) is 43.6 Å². The van der Waals surface area contributed by atoms with E-state index in [1.165, 1.54) is 0 Å². The van der Waals surface area contributed by atoms with E-state index in [0.717, 1.165) is 31.3 Å². The number of hydrogen-bond acceptors (Lipinski definition) is 3. The molecular formula is C11H12F3NO4S. The van der Waals surface area contributed by atoms with E-state index in [1.54, 1.807) is 0 Å². The minimum atomic E-state index is -4.37. The molecule has 0 aliphatic carbocycles. The van der Waals surface area contributed by atoms with Gasteiger partial charge in [0.05, 0.1) is 11.3 Å². The lowest BCUT2D eigenvalue weighted by Crippen LogP contribution is -2.32. The standard InChI is InChI=1S/C11H12F3NO4S/c1-15(7-10(16)17)20(18,19)9-4-2-8(3-5-9)6-11(12,13)14/h2-5H,6-7H2,1H3,(H,16,17). The molecule has 0 saturated heterocycles. The molecule has 9 heteroatoms. The maximum Gasteiger partial charge on any atom is 0.393 e. The summed E-state index contributed by atoms with van der Waals surface area (Å²) in [6.45, 7) is -0.730. The van der Waals surface area contributed by atoms with Gasteiger partial charge in [-0.15, -0.1) is 0 Å². The minimum Gasteiger partial charge on any atom is -0.480 e. The first kappa shape index (κ1) is 16.4. The maximum atomic E-state index is 12.2. The predicted molar refractivity (Wildman–Crippen MR) is 63.7 cm³/mol. The van der Waals surface area contributed by atoms with Gasteiger partial charge in [-0.25, -0.2) is 8.42 Å². The van der Waals surface area contributed by atoms with Gasteiger partial charge in [-0.2, -0.15) is 17.5 Å². The minimum absolute atomic E-state index is 0.0719. The van der Waals surface area contributed by atoms with Crippen LogP contribution < -0.4 is 0 Å². The first-order valence-electron chi connectivity index (χ1n) is 5.36. The van der Waals surface area contributed by atoms with Crippen LogP contribution in [0.3, 0.4) is 0 Å². The quantitative estimate of drug-likeness (QED) is 0.894. The number of carboxylic acids is 1. The van der Waals surface area contributed by atoms with Crippen LogP contribution in [0, 0.1) is 0 Å². The van der Waals surface area contributed by atoms with Crippen LogP contribution in [0.5, 0.6) is 0 Å². The van der Waals surface area contributed by atoms with E-state index in [-0.39, 0.29) is 10.5 Å². The van der Waals surface area contributed by atoms with Gasteiger partial charge in [-0.3, -0.25) is 4.79 Å². The van der Waals surface area contributed by atoms with Gasteiger partial charge in [0.25, 0.3) is 0 Å². The fourth-order valence-electron chi connectivity index (χ4n) is 1.47. The zero-order valence-electron chi connectivity index (χ0n) is 10.4. The summed E-state index contributed by atoms with van der Waals surface area (Å²) in [6.07, 6.45) is -5.53. The second-order valence-corrected chi connectivity index (χ2v) is 6.14. The van der Waals surface area contributed by atoms with Crippen molar-refractivity contribution in [2.45, 2.75) is 17.5 Å². The Morgan fingerprint density at radius 3 is 2.15 bits per heavy atom. The Morgan fingerprint density at radius 2 is 1.75 bits per heavy atom. The molecule has 0 radical (unpaired) electrons. The number of carbonyl (C=O) groups is 1. The number of rotatable bonds is 5. The Hall–Kier alpha value is -1.61. The van der Waals surface area contributed by atoms with Gasteiger partial charge in [-0.1, -0.05) is 12.1 Å². The molecule has 0 spiro atoms. The smallest absolute Gasteiger partial charge is 0.393 e. The Kier molecular flexibility index (Phi) is 4.77. The Bertz CT molecular complexity index is 581. The lowest BCUT2D eigenvalue weighted by atomic mass is 10.1. The van der Waals surface area contributed by atoms with E-state index in [2.05, 4.69) is 0 Å². The summed E-state index contributed by atoms with van der Waals surface area (Å²) in [7, 11) is -2.95. The van der Waals surface area contributed by atoms with Crippen molar-refractivity contribution < 1.29 is 31.5 Å². The van der Waals surface area contributed by atoms with Gasteiger partial charge >= 0.3 is 12.1 Å². The summed E-state index contributed by atoms with van der Waals surface area (Å²) in [6, 6.07) is 4.15. The number of alkyl halides is 3. The predicted octanol–water partition coefficient (Wildman–Crippen LogP) is 1.50. The van der Waals surface area contributed by atoms with Gasteiger partial charge in [-0.05, 0) is 17.7 Å². The molecule has 0 aromatic heterocycles. The Labute approximate surface area is 113 Å². The van der Waals surface area contributed by atoms with Gasteiger partial charge in [0.1, 0.15) is 6.54 Å². The second-order valence-electron chi connectivity index (χ2n) is 4.09. The molecule has 0 amide bonds. The molecule has 20 heavy (non-hydrogen) atoms. The summed E-state index contributed by atoms with van der Waals surface area (Å²) < 4.78 is 60.9. The average molecular weight is 311 g/mol. The van der Waals surface area contributed by atoms with Crippen molar-refractivity contribution >= 4 is 16.0 Å². The van der Waals surface area contributed by atoms with Gasteiger partial charge < -0.3 is 5.11 Å². The molecule has 0 saturated carbocycles. The highest BCUT2D eigenvalue weighted by Crippen LogP contribution is 2.22. The lowest BCUT2D eigenvalue weighted by Gasteiger charge is -2.15. The third-order valence-corrected chi connectivity index (χ3v) is 4.21. The number of aliphatic carboxylic acids is 1. The zero-order valence-corrected chi connectivity index (χ0v) is 11.2. The fourth-order valence-corrected chi connectivity index (χ4v) is 2.59. The third-order valence-electron chi connectivity index (χ3n) is 2.39. The first-order valence-corrected chi connectivity index (χ1v) is 6.80. The Morgan fingerprint density at radius 1 is 1.25 bits per heavy atom. The first-order chi connectivity index (χ1) is 9.02. The van der Waals surface area contributed by atoms with Crippen LogP contribution >= 0.6 is 0 Å². The summed E-state index contributed by atoms with van der Waals surface area (Å²) in [5, 5.41) is 8.53. The summed E-state index contributed by atoms with van der Waals surface area (Å²) in [5.41, 5.74) is -0.0719. The molecule has 1 N–H and O–H groups in total. The molecule has 1 aromatic rings. The molecular weight excluding hydrogens is 299 g/mol. The van der Waals surface area contributed by atoms with E-state index in [9.17, 15) is 26.4 Å². The topological polar surface area (TPSA) is 74.7 Å². The van der Waals surface area contributed by atoms with E-state index < -0.39 is 35.1 Å². The molecule has 112 valence electrons. The number of likely N-dealkylation sites (N-methyl/N-ethyl adjacent to an activating group) is 1. The third kappa shape index (κ3) is 4.49. The number of benzene rings is 1. The van der Waals surface area contributed by atoms with Crippen molar-refractivity contribution in [3.8, 4) is 0 Å². The van der Waals surface area contributed by atoms with Gasteiger partial charge in [0.15, 0.2) is 0 Å². The highest BCUT2D eigenvalue weighted by Gasteiger charge is 2.28. The van der Waals surface area contributed by atoms with Gasteiger partial charge in [0, 0.05) is 7.05 Å². The number of carboxylic acid groups (broad SMARTS) is 1. The van der Waals surface area contributed by atoms with Crippen LogP contribution in [0.2, 0.25) is 0 Å². The highest BCUT2D eigenvalue weighted by atomic mass is 32.2. The highest BCUT2D eigenvalue weighted by molar-refractivity contribution is 7.89. The van der Waals surface area contributed by atoms with Crippen molar-refractivity contribution in [2.75, 3.05) is 13.6 Å². The summed E-state index contributed by atoms with van der Waals surface area (Å²) in [5.74, 6) is -1.33. The molecule has 0 aliphatic heterocycles. The molecule has 0 heterocycles. The molecule has 0 fully saturated rings. The average Bonchev–Trinajstić information content (AvgIpc) is 2.26. The molecule has 0 aliphatic rings. The van der Waals surface area contributed by atoms with Crippen LogP contribution in [0.4, 0.5) is 13.2 Å². The number of halogens is 3. The second kappa shape index (κ2) is 5.80. The van der Waals surface area contributed by atoms with E-state index in [1.807, 2.05) is 0 Å².